The molecular formula is C12H13Cl3O3S. The lowest BCUT2D eigenvalue weighted by Gasteiger charge is -2.29. The van der Waals surface area contributed by atoms with E-state index >= 15 is 0 Å². The van der Waals surface area contributed by atoms with Crippen molar-refractivity contribution < 1.29 is 13.2 Å². The lowest BCUT2D eigenvalue weighted by Crippen LogP contribution is -2.37. The van der Waals surface area contributed by atoms with E-state index < -0.39 is 14.3 Å². The first-order valence-corrected chi connectivity index (χ1v) is 8.96. The molecule has 1 saturated heterocycles. The van der Waals surface area contributed by atoms with Gasteiger partial charge in [0.25, 0.3) is 0 Å². The van der Waals surface area contributed by atoms with E-state index in [-0.39, 0.29) is 5.92 Å². The van der Waals surface area contributed by atoms with Crippen LogP contribution in [-0.4, -0.2) is 26.9 Å². The minimum absolute atomic E-state index is 0.202. The fourth-order valence-electron chi connectivity index (χ4n) is 2.32. The van der Waals surface area contributed by atoms with Gasteiger partial charge in [0.2, 0.25) is 9.05 Å². The molecule has 0 aromatic heterocycles. The van der Waals surface area contributed by atoms with Crippen molar-refractivity contribution in [1.29, 1.82) is 0 Å². The summed E-state index contributed by atoms with van der Waals surface area (Å²) < 4.78 is 28.5. The van der Waals surface area contributed by atoms with Gasteiger partial charge in [0, 0.05) is 33.3 Å². The summed E-state index contributed by atoms with van der Waals surface area (Å²) in [6, 6.07) is 5.14. The molecule has 1 fully saturated rings. The van der Waals surface area contributed by atoms with Crippen molar-refractivity contribution in [2.75, 3.05) is 13.2 Å². The molecule has 0 bridgehead atoms. The summed E-state index contributed by atoms with van der Waals surface area (Å²) in [6.07, 6.45) is 0.894. The number of benzene rings is 1. The zero-order valence-electron chi connectivity index (χ0n) is 9.98. The summed E-state index contributed by atoms with van der Waals surface area (Å²) in [5.41, 5.74) is 0.815. The van der Waals surface area contributed by atoms with Gasteiger partial charge in [-0.3, -0.25) is 0 Å². The fourth-order valence-corrected chi connectivity index (χ4v) is 4.43. The molecule has 0 amide bonds. The van der Waals surface area contributed by atoms with Gasteiger partial charge in [-0.25, -0.2) is 8.42 Å². The van der Waals surface area contributed by atoms with Crippen molar-refractivity contribution in [1.82, 2.24) is 0 Å². The third kappa shape index (κ3) is 3.99. The van der Waals surface area contributed by atoms with Gasteiger partial charge in [0.15, 0.2) is 0 Å². The number of rotatable bonds is 3. The van der Waals surface area contributed by atoms with E-state index in [4.69, 9.17) is 38.6 Å². The molecule has 7 heteroatoms. The molecule has 0 radical (unpaired) electrons. The van der Waals surface area contributed by atoms with E-state index in [0.717, 1.165) is 5.56 Å². The predicted octanol–water partition coefficient (Wildman–Crippen LogP) is 3.51. The van der Waals surface area contributed by atoms with Crippen LogP contribution in [0.5, 0.6) is 0 Å². The van der Waals surface area contributed by atoms with Crippen LogP contribution in [0.2, 0.25) is 10.0 Å². The Balaban J connectivity index is 2.22. The van der Waals surface area contributed by atoms with Gasteiger partial charge in [-0.2, -0.15) is 0 Å². The van der Waals surface area contributed by atoms with Crippen molar-refractivity contribution in [3.8, 4) is 0 Å². The van der Waals surface area contributed by atoms with Crippen molar-refractivity contribution >= 4 is 42.9 Å². The quantitative estimate of drug-likeness (QED) is 0.789. The highest BCUT2D eigenvalue weighted by molar-refractivity contribution is 8.14. The van der Waals surface area contributed by atoms with Crippen LogP contribution in [0.4, 0.5) is 0 Å². The Morgan fingerprint density at radius 1 is 1.32 bits per heavy atom. The Kier molecular flexibility index (Phi) is 5.01. The van der Waals surface area contributed by atoms with Gasteiger partial charge >= 0.3 is 0 Å². The van der Waals surface area contributed by atoms with Crippen LogP contribution in [-0.2, 0) is 20.2 Å². The second-order valence-corrected chi connectivity index (χ2v) is 8.27. The van der Waals surface area contributed by atoms with E-state index in [1.807, 2.05) is 0 Å². The van der Waals surface area contributed by atoms with Crippen LogP contribution in [0.3, 0.4) is 0 Å². The van der Waals surface area contributed by atoms with Crippen LogP contribution >= 0.6 is 33.9 Å². The van der Waals surface area contributed by atoms with Gasteiger partial charge in [-0.05, 0) is 36.6 Å². The van der Waals surface area contributed by atoms with Gasteiger partial charge in [0.05, 0.1) is 11.9 Å². The molecule has 0 N–H and O–H groups in total. The second kappa shape index (κ2) is 6.19. The van der Waals surface area contributed by atoms with E-state index in [9.17, 15) is 8.42 Å². The number of halogens is 3. The standard InChI is InChI=1S/C12H13Cl3O3S/c13-10-1-2-11(14)8(6-10)5-9-7-18-4-3-12(9)19(15,16)17/h1-2,6,9,12H,3-5,7H2/t9-,12-/m0/s1. The van der Waals surface area contributed by atoms with Crippen LogP contribution in [0.25, 0.3) is 0 Å². The minimum Gasteiger partial charge on any atom is -0.381 e. The Bertz CT molecular complexity index is 559. The maximum atomic E-state index is 11.6. The van der Waals surface area contributed by atoms with Crippen molar-refractivity contribution in [3.05, 3.63) is 33.8 Å². The molecule has 1 aromatic rings. The van der Waals surface area contributed by atoms with E-state index in [2.05, 4.69) is 0 Å². The predicted molar refractivity (Wildman–Crippen MR) is 77.7 cm³/mol. The lowest BCUT2D eigenvalue weighted by molar-refractivity contribution is 0.0577. The molecule has 0 spiro atoms. The van der Waals surface area contributed by atoms with Crippen molar-refractivity contribution in [3.63, 3.8) is 0 Å². The smallest absolute Gasteiger partial charge is 0.235 e. The molecule has 1 aliphatic heterocycles. The van der Waals surface area contributed by atoms with Crippen molar-refractivity contribution in [2.24, 2.45) is 5.92 Å². The van der Waals surface area contributed by atoms with Gasteiger partial charge in [-0.15, -0.1) is 0 Å². The third-order valence-corrected chi connectivity index (χ3v) is 5.89. The van der Waals surface area contributed by atoms with Gasteiger partial charge in [0.1, 0.15) is 0 Å². The van der Waals surface area contributed by atoms with Crippen molar-refractivity contribution in [2.45, 2.75) is 18.1 Å². The summed E-state index contributed by atoms with van der Waals surface area (Å²) in [4.78, 5) is 0. The molecule has 106 valence electrons. The minimum atomic E-state index is -3.60. The fraction of sp³-hybridized carbons (Fsp3) is 0.500. The average molecular weight is 344 g/mol. The highest BCUT2D eigenvalue weighted by Gasteiger charge is 2.35. The van der Waals surface area contributed by atoms with Gasteiger partial charge in [-0.1, -0.05) is 23.2 Å². The monoisotopic (exact) mass is 342 g/mol. The molecule has 2 rings (SSSR count). The molecule has 1 aromatic carbocycles. The number of hydrogen-bond acceptors (Lipinski definition) is 3. The number of hydrogen-bond donors (Lipinski definition) is 0. The van der Waals surface area contributed by atoms with E-state index in [1.165, 1.54) is 0 Å². The molecule has 3 nitrogen and oxygen atoms in total. The third-order valence-electron chi connectivity index (χ3n) is 3.26. The zero-order valence-corrected chi connectivity index (χ0v) is 13.1. The average Bonchev–Trinajstić information content (AvgIpc) is 2.33. The Morgan fingerprint density at radius 2 is 2.05 bits per heavy atom. The van der Waals surface area contributed by atoms with Crippen LogP contribution in [0.15, 0.2) is 18.2 Å². The maximum Gasteiger partial charge on any atom is 0.235 e. The Hall–Kier alpha value is -0.000000000000000167. The Morgan fingerprint density at radius 3 is 2.74 bits per heavy atom. The number of ether oxygens (including phenoxy) is 1. The first kappa shape index (κ1) is 15.4. The molecule has 0 aliphatic carbocycles. The van der Waals surface area contributed by atoms with E-state index in [1.54, 1.807) is 18.2 Å². The van der Waals surface area contributed by atoms with E-state index in [0.29, 0.717) is 36.1 Å². The molecular weight excluding hydrogens is 331 g/mol. The lowest BCUT2D eigenvalue weighted by atomic mass is 9.93. The summed E-state index contributed by atoms with van der Waals surface area (Å²) in [6.45, 7) is 0.774. The SMILES string of the molecule is O=S(=O)(Cl)[C@H]1CCOC[C@@H]1Cc1cc(Cl)ccc1Cl. The zero-order chi connectivity index (χ0) is 14.0. The van der Waals surface area contributed by atoms with Crippen LogP contribution in [0.1, 0.15) is 12.0 Å². The topological polar surface area (TPSA) is 43.4 Å². The first-order chi connectivity index (χ1) is 8.88. The first-order valence-electron chi connectivity index (χ1n) is 5.83. The largest absolute Gasteiger partial charge is 0.381 e. The summed E-state index contributed by atoms with van der Waals surface area (Å²) in [7, 11) is 1.90. The molecule has 2 atom stereocenters. The van der Waals surface area contributed by atoms with Gasteiger partial charge < -0.3 is 4.74 Å². The molecule has 19 heavy (non-hydrogen) atoms. The summed E-state index contributed by atoms with van der Waals surface area (Å²) >= 11 is 12.0. The molecule has 0 unspecified atom stereocenters. The van der Waals surface area contributed by atoms with Crippen LogP contribution < -0.4 is 0 Å². The molecule has 0 saturated carbocycles. The Labute approximate surface area is 127 Å². The highest BCUT2D eigenvalue weighted by Crippen LogP contribution is 2.30. The van der Waals surface area contributed by atoms with Crippen LogP contribution in [0, 0.1) is 5.92 Å². The normalized spacial score (nSPS) is 24.4. The molecule has 1 aliphatic rings. The summed E-state index contributed by atoms with van der Waals surface area (Å²) in [5, 5.41) is 0.542. The molecule has 1 heterocycles. The maximum absolute atomic E-state index is 11.6. The summed E-state index contributed by atoms with van der Waals surface area (Å²) in [5.74, 6) is -0.202. The second-order valence-electron chi connectivity index (χ2n) is 4.58. The highest BCUT2D eigenvalue weighted by atomic mass is 35.7.